The number of hydrogen-bond donors (Lipinski definition) is 1. The smallest absolute Gasteiger partial charge is 0.154 e. The lowest BCUT2D eigenvalue weighted by Gasteiger charge is -2.13. The maximum Gasteiger partial charge on any atom is 0.154 e. The number of pyridine rings is 1. The summed E-state index contributed by atoms with van der Waals surface area (Å²) in [5, 5.41) is 3.44. The zero-order chi connectivity index (χ0) is 18.1. The van der Waals surface area contributed by atoms with Gasteiger partial charge in [-0.15, -0.1) is 0 Å². The SMILES string of the molecule is C=C(Nc1cc(C2=NCC=N2)ccc1C)c1cnc2ccc(CC)cn12. The Balaban J connectivity index is 1.66. The van der Waals surface area contributed by atoms with Crippen LogP contribution in [0.25, 0.3) is 11.3 Å². The van der Waals surface area contributed by atoms with E-state index in [9.17, 15) is 0 Å². The largest absolute Gasteiger partial charge is 0.354 e. The highest BCUT2D eigenvalue weighted by molar-refractivity contribution is 6.07. The van der Waals surface area contributed by atoms with Gasteiger partial charge in [-0.3, -0.25) is 9.39 Å². The van der Waals surface area contributed by atoms with Crippen LogP contribution in [0.5, 0.6) is 0 Å². The standard InChI is InChI=1S/C21H21N5/c1-4-16-6-8-20-24-12-19(26(20)13-16)15(3)25-18-11-17(7-5-14(18)2)21-22-9-10-23-21/h5-9,11-13,25H,3-4,10H2,1-2H3. The van der Waals surface area contributed by atoms with Crippen LogP contribution in [0.1, 0.15) is 29.3 Å². The fourth-order valence-corrected chi connectivity index (χ4v) is 3.04. The summed E-state index contributed by atoms with van der Waals surface area (Å²) >= 11 is 0. The fourth-order valence-electron chi connectivity index (χ4n) is 3.04. The molecule has 0 unspecified atom stereocenters. The van der Waals surface area contributed by atoms with Crippen LogP contribution in [0.15, 0.2) is 59.3 Å². The average Bonchev–Trinajstić information content (AvgIpc) is 3.32. The maximum atomic E-state index is 4.48. The number of nitrogens with one attached hydrogen (secondary N) is 1. The van der Waals surface area contributed by atoms with Crippen molar-refractivity contribution in [1.29, 1.82) is 0 Å². The molecule has 0 radical (unpaired) electrons. The summed E-state index contributed by atoms with van der Waals surface area (Å²) in [5.41, 5.74) is 7.09. The highest BCUT2D eigenvalue weighted by Gasteiger charge is 2.11. The van der Waals surface area contributed by atoms with Crippen molar-refractivity contribution in [3.63, 3.8) is 0 Å². The molecule has 3 heterocycles. The summed E-state index contributed by atoms with van der Waals surface area (Å²) in [6, 6.07) is 10.3. The Hall–Kier alpha value is -3.21. The quantitative estimate of drug-likeness (QED) is 0.758. The van der Waals surface area contributed by atoms with Crippen molar-refractivity contribution in [1.82, 2.24) is 9.38 Å². The Morgan fingerprint density at radius 1 is 1.27 bits per heavy atom. The van der Waals surface area contributed by atoms with Gasteiger partial charge in [-0.1, -0.05) is 31.7 Å². The van der Waals surface area contributed by atoms with Gasteiger partial charge in [0.2, 0.25) is 0 Å². The van der Waals surface area contributed by atoms with Crippen LogP contribution in [0.2, 0.25) is 0 Å². The van der Waals surface area contributed by atoms with Crippen LogP contribution in [-0.4, -0.2) is 28.0 Å². The molecular formula is C21H21N5. The first-order chi connectivity index (χ1) is 12.7. The predicted molar refractivity (Wildman–Crippen MR) is 108 cm³/mol. The Kier molecular flexibility index (Phi) is 4.13. The minimum atomic E-state index is 0.653. The Morgan fingerprint density at radius 2 is 2.15 bits per heavy atom. The van der Waals surface area contributed by atoms with E-state index < -0.39 is 0 Å². The normalized spacial score (nSPS) is 13.2. The Bertz CT molecular complexity index is 1060. The van der Waals surface area contributed by atoms with E-state index in [-0.39, 0.29) is 0 Å². The molecule has 3 aromatic rings. The number of fused-ring (bicyclic) bond motifs is 1. The summed E-state index contributed by atoms with van der Waals surface area (Å²) in [6.07, 6.45) is 6.78. The zero-order valence-electron chi connectivity index (χ0n) is 15.0. The van der Waals surface area contributed by atoms with E-state index in [2.05, 4.69) is 69.5 Å². The van der Waals surface area contributed by atoms with Gasteiger partial charge in [-0.05, 0) is 36.6 Å². The molecule has 130 valence electrons. The van der Waals surface area contributed by atoms with Crippen molar-refractivity contribution in [3.8, 4) is 0 Å². The van der Waals surface area contributed by atoms with Gasteiger partial charge in [0, 0.05) is 23.7 Å². The van der Waals surface area contributed by atoms with Gasteiger partial charge < -0.3 is 5.32 Å². The average molecular weight is 343 g/mol. The molecule has 0 atom stereocenters. The van der Waals surface area contributed by atoms with Crippen molar-refractivity contribution in [2.45, 2.75) is 20.3 Å². The van der Waals surface area contributed by atoms with E-state index in [1.165, 1.54) is 5.56 Å². The third kappa shape index (κ3) is 2.92. The number of anilines is 1. The molecule has 1 aromatic carbocycles. The molecule has 4 rings (SSSR count). The number of aryl methyl sites for hydroxylation is 2. The molecule has 0 fully saturated rings. The molecule has 1 aliphatic rings. The Morgan fingerprint density at radius 3 is 2.92 bits per heavy atom. The number of hydrogen-bond acceptors (Lipinski definition) is 4. The van der Waals surface area contributed by atoms with E-state index >= 15 is 0 Å². The monoisotopic (exact) mass is 343 g/mol. The van der Waals surface area contributed by atoms with Crippen molar-refractivity contribution in [2.75, 3.05) is 11.9 Å². The molecule has 5 heteroatoms. The molecule has 0 amide bonds. The van der Waals surface area contributed by atoms with Crippen molar-refractivity contribution in [2.24, 2.45) is 9.98 Å². The molecule has 1 N–H and O–H groups in total. The van der Waals surface area contributed by atoms with Crippen molar-refractivity contribution in [3.05, 3.63) is 71.7 Å². The second-order valence-corrected chi connectivity index (χ2v) is 6.37. The molecule has 0 saturated carbocycles. The Labute approximate surface area is 152 Å². The molecule has 0 aliphatic carbocycles. The van der Waals surface area contributed by atoms with Crippen LogP contribution in [-0.2, 0) is 6.42 Å². The van der Waals surface area contributed by atoms with E-state index in [0.717, 1.165) is 46.1 Å². The fraction of sp³-hybridized carbons (Fsp3) is 0.190. The lowest BCUT2D eigenvalue weighted by molar-refractivity contribution is 1.06. The van der Waals surface area contributed by atoms with E-state index in [1.807, 2.05) is 24.5 Å². The molecular weight excluding hydrogens is 322 g/mol. The first-order valence-electron chi connectivity index (χ1n) is 8.76. The molecule has 5 nitrogen and oxygen atoms in total. The summed E-state index contributed by atoms with van der Waals surface area (Å²) in [6.45, 7) is 9.11. The highest BCUT2D eigenvalue weighted by Crippen LogP contribution is 2.24. The number of imidazole rings is 1. The van der Waals surface area contributed by atoms with E-state index in [0.29, 0.717) is 6.54 Å². The first-order valence-corrected chi connectivity index (χ1v) is 8.76. The number of nitrogens with zero attached hydrogens (tertiary/aromatic N) is 4. The second-order valence-electron chi connectivity index (χ2n) is 6.37. The number of rotatable bonds is 5. The maximum absolute atomic E-state index is 4.48. The number of aromatic nitrogens is 2. The van der Waals surface area contributed by atoms with Crippen LogP contribution >= 0.6 is 0 Å². The molecule has 26 heavy (non-hydrogen) atoms. The van der Waals surface area contributed by atoms with Gasteiger partial charge in [-0.2, -0.15) is 0 Å². The number of benzene rings is 1. The summed E-state index contributed by atoms with van der Waals surface area (Å²) in [7, 11) is 0. The lowest BCUT2D eigenvalue weighted by atomic mass is 10.1. The van der Waals surface area contributed by atoms with Gasteiger partial charge >= 0.3 is 0 Å². The zero-order valence-corrected chi connectivity index (χ0v) is 15.0. The van der Waals surface area contributed by atoms with Gasteiger partial charge in [0.05, 0.1) is 24.1 Å². The highest BCUT2D eigenvalue weighted by atomic mass is 15.0. The third-order valence-corrected chi connectivity index (χ3v) is 4.60. The minimum absolute atomic E-state index is 0.653. The van der Waals surface area contributed by atoms with E-state index in [1.54, 1.807) is 0 Å². The van der Waals surface area contributed by atoms with Gasteiger partial charge in [0.1, 0.15) is 5.65 Å². The van der Waals surface area contributed by atoms with Crippen LogP contribution in [0.3, 0.4) is 0 Å². The van der Waals surface area contributed by atoms with Crippen LogP contribution in [0, 0.1) is 6.92 Å². The van der Waals surface area contributed by atoms with Crippen LogP contribution < -0.4 is 5.32 Å². The molecule has 1 aliphatic heterocycles. The van der Waals surface area contributed by atoms with Crippen molar-refractivity contribution < 1.29 is 0 Å². The summed E-state index contributed by atoms with van der Waals surface area (Å²) in [5.74, 6) is 0.779. The lowest BCUT2D eigenvalue weighted by Crippen LogP contribution is -2.04. The molecule has 0 bridgehead atoms. The summed E-state index contributed by atoms with van der Waals surface area (Å²) < 4.78 is 2.08. The second kappa shape index (κ2) is 6.59. The third-order valence-electron chi connectivity index (χ3n) is 4.60. The first kappa shape index (κ1) is 16.3. The van der Waals surface area contributed by atoms with Gasteiger partial charge in [0.15, 0.2) is 5.84 Å². The van der Waals surface area contributed by atoms with Gasteiger partial charge in [-0.25, -0.2) is 9.98 Å². The van der Waals surface area contributed by atoms with Gasteiger partial charge in [0.25, 0.3) is 0 Å². The number of amidine groups is 1. The van der Waals surface area contributed by atoms with Crippen molar-refractivity contribution >= 4 is 29.1 Å². The topological polar surface area (TPSA) is 54.0 Å². The molecule has 0 spiro atoms. The molecule has 2 aromatic heterocycles. The summed E-state index contributed by atoms with van der Waals surface area (Å²) in [4.78, 5) is 13.2. The predicted octanol–water partition coefficient (Wildman–Crippen LogP) is 4.12. The number of aliphatic imine (C=N–C) groups is 2. The molecule has 0 saturated heterocycles. The van der Waals surface area contributed by atoms with Crippen LogP contribution in [0.4, 0.5) is 5.69 Å². The minimum Gasteiger partial charge on any atom is -0.354 e. The van der Waals surface area contributed by atoms with E-state index in [4.69, 9.17) is 0 Å².